The van der Waals surface area contributed by atoms with E-state index in [2.05, 4.69) is 15.0 Å². The number of amides is 2. The van der Waals surface area contributed by atoms with Crippen molar-refractivity contribution in [2.24, 2.45) is 5.92 Å². The number of halogens is 3. The average molecular weight is 347 g/mol. The highest BCUT2D eigenvalue weighted by Crippen LogP contribution is 2.21. The number of alkyl halides is 3. The number of rotatable bonds is 5. The van der Waals surface area contributed by atoms with E-state index in [1.807, 2.05) is 0 Å². The Hall–Kier alpha value is -2.52. The van der Waals surface area contributed by atoms with Crippen LogP contribution in [0.15, 0.2) is 18.5 Å². The second kappa shape index (κ2) is 7.37. The van der Waals surface area contributed by atoms with Crippen molar-refractivity contribution in [3.63, 3.8) is 0 Å². The lowest BCUT2D eigenvalue weighted by molar-refractivity contribution is -0.153. The van der Waals surface area contributed by atoms with Crippen molar-refractivity contribution in [3.05, 3.63) is 24.0 Å². The molecule has 1 aliphatic heterocycles. The van der Waals surface area contributed by atoms with Gasteiger partial charge in [0.15, 0.2) is 6.61 Å². The van der Waals surface area contributed by atoms with Crippen LogP contribution < -0.4 is 10.1 Å². The summed E-state index contributed by atoms with van der Waals surface area (Å²) in [7, 11) is 0. The van der Waals surface area contributed by atoms with Crippen molar-refractivity contribution in [2.75, 3.05) is 19.7 Å². The summed E-state index contributed by atoms with van der Waals surface area (Å²) >= 11 is 0. The molecule has 132 valence electrons. The summed E-state index contributed by atoms with van der Waals surface area (Å²) in [6, 6.07) is 0.966. The molecule has 10 heteroatoms. The summed E-state index contributed by atoms with van der Waals surface area (Å²) in [6.45, 7) is -1.08. The van der Waals surface area contributed by atoms with E-state index in [9.17, 15) is 22.8 Å². The second-order valence-corrected chi connectivity index (χ2v) is 5.32. The highest BCUT2D eigenvalue weighted by Gasteiger charge is 2.31. The van der Waals surface area contributed by atoms with Gasteiger partial charge in [0.1, 0.15) is 5.75 Å². The maximum Gasteiger partial charge on any atom is 0.422 e. The number of aliphatic carboxylic acids is 1. The zero-order valence-corrected chi connectivity index (χ0v) is 12.5. The van der Waals surface area contributed by atoms with Gasteiger partial charge in [0.05, 0.1) is 12.1 Å². The summed E-state index contributed by atoms with van der Waals surface area (Å²) in [5.41, 5.74) is 0.344. The van der Waals surface area contributed by atoms with Gasteiger partial charge >= 0.3 is 18.2 Å². The molecule has 1 aliphatic rings. The van der Waals surface area contributed by atoms with Gasteiger partial charge in [-0.15, -0.1) is 0 Å². The fourth-order valence-corrected chi connectivity index (χ4v) is 2.27. The highest BCUT2D eigenvalue weighted by atomic mass is 19.4. The molecule has 7 nitrogen and oxygen atoms in total. The standard InChI is InChI=1S/C14H16F3N3O4/c15-14(16,17)8-24-11-6-18-3-1-9(11)5-19-13(23)20-4-2-10(7-20)12(21)22/h1,3,6,10H,2,4-5,7-8H2,(H,19,23)(H,21,22). The third-order valence-electron chi connectivity index (χ3n) is 3.52. The van der Waals surface area contributed by atoms with Crippen molar-refractivity contribution in [2.45, 2.75) is 19.1 Å². The number of likely N-dealkylation sites (tertiary alicyclic amines) is 1. The Bertz CT molecular complexity index is 609. The number of nitrogens with zero attached hydrogens (tertiary/aromatic N) is 2. The maximum atomic E-state index is 12.2. The number of aromatic nitrogens is 1. The molecule has 2 N–H and O–H groups in total. The number of ether oxygens (including phenoxy) is 1. The van der Waals surface area contributed by atoms with Crippen LogP contribution in [0.2, 0.25) is 0 Å². The first-order valence-electron chi connectivity index (χ1n) is 7.14. The number of carboxylic acids is 1. The summed E-state index contributed by atoms with van der Waals surface area (Å²) in [5, 5.41) is 11.5. The average Bonchev–Trinajstić information content (AvgIpc) is 3.01. The molecule has 2 heterocycles. The van der Waals surface area contributed by atoms with Crippen LogP contribution in [0.4, 0.5) is 18.0 Å². The van der Waals surface area contributed by atoms with E-state index in [0.717, 1.165) is 6.20 Å². The van der Waals surface area contributed by atoms with Gasteiger partial charge in [-0.25, -0.2) is 4.79 Å². The van der Waals surface area contributed by atoms with Crippen LogP contribution in [0.25, 0.3) is 0 Å². The van der Waals surface area contributed by atoms with Gasteiger partial charge in [0, 0.05) is 31.4 Å². The van der Waals surface area contributed by atoms with Crippen LogP contribution in [0.3, 0.4) is 0 Å². The normalized spacial score (nSPS) is 17.6. The molecule has 1 unspecified atom stereocenters. The quantitative estimate of drug-likeness (QED) is 0.845. The Morgan fingerprint density at radius 3 is 2.83 bits per heavy atom. The molecule has 2 amide bonds. The summed E-state index contributed by atoms with van der Waals surface area (Å²) in [5.74, 6) is -1.62. The lowest BCUT2D eigenvalue weighted by Gasteiger charge is -2.18. The SMILES string of the molecule is O=C(O)C1CCN(C(=O)NCc2ccncc2OCC(F)(F)F)C1. The molecule has 0 aliphatic carbocycles. The first-order chi connectivity index (χ1) is 11.3. The van der Waals surface area contributed by atoms with E-state index < -0.39 is 30.7 Å². The third kappa shape index (κ3) is 5.00. The molecular formula is C14H16F3N3O4. The molecule has 1 fully saturated rings. The predicted molar refractivity (Wildman–Crippen MR) is 75.3 cm³/mol. The molecule has 1 saturated heterocycles. The van der Waals surface area contributed by atoms with E-state index in [4.69, 9.17) is 5.11 Å². The third-order valence-corrected chi connectivity index (χ3v) is 3.52. The number of urea groups is 1. The summed E-state index contributed by atoms with van der Waals surface area (Å²) in [4.78, 5) is 27.9. The van der Waals surface area contributed by atoms with Gasteiger partial charge < -0.3 is 20.1 Å². The van der Waals surface area contributed by atoms with Gasteiger partial charge in [-0.2, -0.15) is 13.2 Å². The molecule has 0 spiro atoms. The monoisotopic (exact) mass is 347 g/mol. The zero-order valence-electron chi connectivity index (χ0n) is 12.5. The van der Waals surface area contributed by atoms with E-state index in [-0.39, 0.29) is 18.8 Å². The van der Waals surface area contributed by atoms with Gasteiger partial charge in [-0.1, -0.05) is 0 Å². The van der Waals surface area contributed by atoms with Crippen molar-refractivity contribution < 1.29 is 32.6 Å². The number of nitrogens with one attached hydrogen (secondary N) is 1. The minimum Gasteiger partial charge on any atom is -0.482 e. The fourth-order valence-electron chi connectivity index (χ4n) is 2.27. The van der Waals surface area contributed by atoms with Gasteiger partial charge in [0.2, 0.25) is 0 Å². The van der Waals surface area contributed by atoms with Gasteiger partial charge in [-0.05, 0) is 12.5 Å². The Labute approximate surface area is 135 Å². The second-order valence-electron chi connectivity index (χ2n) is 5.32. The lowest BCUT2D eigenvalue weighted by Crippen LogP contribution is -2.38. The number of hydrogen-bond donors (Lipinski definition) is 2. The number of carbonyl (C=O) groups excluding carboxylic acids is 1. The van der Waals surface area contributed by atoms with Crippen LogP contribution >= 0.6 is 0 Å². The predicted octanol–water partition coefficient (Wildman–Crippen LogP) is 1.64. The molecule has 24 heavy (non-hydrogen) atoms. The Morgan fingerprint density at radius 2 is 2.21 bits per heavy atom. The lowest BCUT2D eigenvalue weighted by atomic mass is 10.1. The van der Waals surface area contributed by atoms with Crippen LogP contribution in [0.1, 0.15) is 12.0 Å². The Morgan fingerprint density at radius 1 is 1.46 bits per heavy atom. The van der Waals surface area contributed by atoms with E-state index in [1.54, 1.807) is 0 Å². The summed E-state index contributed by atoms with van der Waals surface area (Å²) in [6.07, 6.45) is -1.59. The number of carbonyl (C=O) groups is 2. The molecule has 0 saturated carbocycles. The fraction of sp³-hybridized carbons (Fsp3) is 0.500. The Balaban J connectivity index is 1.90. The zero-order chi connectivity index (χ0) is 17.7. The van der Waals surface area contributed by atoms with Crippen LogP contribution in [-0.4, -0.2) is 52.9 Å². The van der Waals surface area contributed by atoms with Crippen molar-refractivity contribution >= 4 is 12.0 Å². The van der Waals surface area contributed by atoms with Crippen molar-refractivity contribution in [1.29, 1.82) is 0 Å². The van der Waals surface area contributed by atoms with Gasteiger partial charge in [-0.3, -0.25) is 9.78 Å². The first kappa shape index (κ1) is 17.8. The largest absolute Gasteiger partial charge is 0.482 e. The minimum atomic E-state index is -4.47. The maximum absolute atomic E-state index is 12.2. The summed E-state index contributed by atoms with van der Waals surface area (Å²) < 4.78 is 41.3. The van der Waals surface area contributed by atoms with Crippen LogP contribution in [-0.2, 0) is 11.3 Å². The molecule has 0 radical (unpaired) electrons. The van der Waals surface area contributed by atoms with Crippen LogP contribution in [0.5, 0.6) is 5.75 Å². The molecule has 1 atom stereocenters. The van der Waals surface area contributed by atoms with E-state index >= 15 is 0 Å². The molecule has 0 aromatic carbocycles. The van der Waals surface area contributed by atoms with E-state index in [1.165, 1.54) is 17.2 Å². The van der Waals surface area contributed by atoms with Crippen molar-refractivity contribution in [1.82, 2.24) is 15.2 Å². The minimum absolute atomic E-state index is 0.0528. The van der Waals surface area contributed by atoms with Gasteiger partial charge in [0.25, 0.3) is 0 Å². The number of pyridine rings is 1. The number of carboxylic acid groups (broad SMARTS) is 1. The Kier molecular flexibility index (Phi) is 5.47. The highest BCUT2D eigenvalue weighted by molar-refractivity contribution is 5.77. The smallest absolute Gasteiger partial charge is 0.422 e. The molecule has 1 aromatic heterocycles. The molecule has 1 aromatic rings. The first-order valence-corrected chi connectivity index (χ1v) is 7.14. The molecule has 0 bridgehead atoms. The molecule has 2 rings (SSSR count). The number of hydrogen-bond acceptors (Lipinski definition) is 4. The van der Waals surface area contributed by atoms with Crippen LogP contribution in [0, 0.1) is 5.92 Å². The van der Waals surface area contributed by atoms with E-state index in [0.29, 0.717) is 18.5 Å². The van der Waals surface area contributed by atoms with Crippen molar-refractivity contribution in [3.8, 4) is 5.75 Å². The molecular weight excluding hydrogens is 331 g/mol. The topological polar surface area (TPSA) is 91.8 Å².